The zero-order valence-corrected chi connectivity index (χ0v) is 18.9. The average molecular weight is 439 g/mol. The summed E-state index contributed by atoms with van der Waals surface area (Å²) in [5.41, 5.74) is 1.39. The number of piperazine rings is 1. The summed E-state index contributed by atoms with van der Waals surface area (Å²) in [6.07, 6.45) is 14.5. The van der Waals surface area contributed by atoms with Crippen molar-refractivity contribution in [2.75, 3.05) is 33.2 Å². The first kappa shape index (κ1) is 19.8. The Bertz CT molecular complexity index is 951. The molecule has 3 atom stereocenters. The number of pyridine rings is 1. The SMILES string of the molecule is CN1CCN(C2=CC=CC3=NC([C@H]4CCC[C@@H](c5ncccc5Cl)N4)CN23)CC12CC2. The normalized spacial score (nSPS) is 32.1. The van der Waals surface area contributed by atoms with Gasteiger partial charge in [-0.15, -0.1) is 0 Å². The van der Waals surface area contributed by atoms with E-state index in [-0.39, 0.29) is 12.1 Å². The maximum atomic E-state index is 6.44. The molecular formula is C24H31ClN6. The van der Waals surface area contributed by atoms with Crippen LogP contribution in [0.15, 0.2) is 47.4 Å². The molecule has 31 heavy (non-hydrogen) atoms. The van der Waals surface area contributed by atoms with Crippen LogP contribution in [0.1, 0.15) is 43.8 Å². The van der Waals surface area contributed by atoms with Crippen LogP contribution in [0.2, 0.25) is 5.02 Å². The lowest BCUT2D eigenvalue weighted by Gasteiger charge is -2.44. The summed E-state index contributed by atoms with van der Waals surface area (Å²) < 4.78 is 0. The number of aromatic nitrogens is 1. The van der Waals surface area contributed by atoms with E-state index in [1.807, 2.05) is 18.3 Å². The molecule has 1 spiro atoms. The zero-order valence-electron chi connectivity index (χ0n) is 18.2. The summed E-state index contributed by atoms with van der Waals surface area (Å²) in [7, 11) is 2.29. The number of halogens is 1. The van der Waals surface area contributed by atoms with Crippen molar-refractivity contribution in [1.82, 2.24) is 25.0 Å². The molecule has 0 amide bonds. The van der Waals surface area contributed by atoms with Crippen molar-refractivity contribution in [3.8, 4) is 0 Å². The lowest BCUT2D eigenvalue weighted by atomic mass is 9.92. The van der Waals surface area contributed by atoms with Crippen molar-refractivity contribution in [2.45, 2.75) is 55.8 Å². The molecule has 1 aliphatic carbocycles. The minimum atomic E-state index is 0.211. The van der Waals surface area contributed by atoms with Crippen molar-refractivity contribution in [2.24, 2.45) is 4.99 Å². The number of hydrogen-bond acceptors (Lipinski definition) is 6. The molecule has 5 aliphatic rings. The minimum absolute atomic E-state index is 0.211. The van der Waals surface area contributed by atoms with Gasteiger partial charge in [-0.05, 0) is 63.4 Å². The van der Waals surface area contributed by atoms with Gasteiger partial charge in [0, 0.05) is 44.0 Å². The van der Waals surface area contributed by atoms with E-state index < -0.39 is 0 Å². The van der Waals surface area contributed by atoms with Gasteiger partial charge in [-0.25, -0.2) is 0 Å². The number of allylic oxidation sites excluding steroid dienone is 2. The maximum Gasteiger partial charge on any atom is 0.129 e. The van der Waals surface area contributed by atoms with E-state index in [0.29, 0.717) is 11.6 Å². The van der Waals surface area contributed by atoms with Crippen molar-refractivity contribution < 1.29 is 0 Å². The highest BCUT2D eigenvalue weighted by Gasteiger charge is 2.50. The summed E-state index contributed by atoms with van der Waals surface area (Å²) in [5.74, 6) is 2.45. The van der Waals surface area contributed by atoms with Crippen LogP contribution in [0, 0.1) is 0 Å². The van der Waals surface area contributed by atoms with E-state index in [4.69, 9.17) is 16.6 Å². The maximum absolute atomic E-state index is 6.44. The fraction of sp³-hybridized carbons (Fsp3) is 0.583. The van der Waals surface area contributed by atoms with Crippen molar-refractivity contribution in [1.29, 1.82) is 0 Å². The van der Waals surface area contributed by atoms with Gasteiger partial charge in [0.25, 0.3) is 0 Å². The first-order valence-electron chi connectivity index (χ1n) is 11.7. The van der Waals surface area contributed by atoms with Gasteiger partial charge in [0.05, 0.1) is 22.8 Å². The standard InChI is InChI=1S/C24H31ClN6/c1-29-13-14-30(16-24(29)10-11-24)22-9-3-8-21-28-20(15-31(21)22)18-6-2-7-19(27-18)23-17(25)5-4-12-26-23/h3-5,8-9,12,18-20,27H,2,6-7,10-11,13-16H2,1H3/t18-,19+,20?/m1/s1. The Kier molecular flexibility index (Phi) is 4.85. The largest absolute Gasteiger partial charge is 0.355 e. The molecule has 6 nitrogen and oxygen atoms in total. The van der Waals surface area contributed by atoms with E-state index in [1.54, 1.807) is 0 Å². The van der Waals surface area contributed by atoms with E-state index in [9.17, 15) is 0 Å². The Morgan fingerprint density at radius 1 is 1.23 bits per heavy atom. The third kappa shape index (κ3) is 3.49. The second-order valence-electron chi connectivity index (χ2n) is 9.74. The van der Waals surface area contributed by atoms with Gasteiger partial charge in [0.15, 0.2) is 0 Å². The molecule has 0 bridgehead atoms. The topological polar surface area (TPSA) is 47.0 Å². The zero-order chi connectivity index (χ0) is 21.0. The predicted molar refractivity (Wildman–Crippen MR) is 124 cm³/mol. The highest BCUT2D eigenvalue weighted by Crippen LogP contribution is 2.44. The quantitative estimate of drug-likeness (QED) is 0.785. The third-order valence-corrected chi connectivity index (χ3v) is 8.19. The van der Waals surface area contributed by atoms with E-state index in [2.05, 4.69) is 50.3 Å². The molecule has 5 heterocycles. The molecule has 1 aromatic heterocycles. The number of nitrogens with one attached hydrogen (secondary N) is 1. The van der Waals surface area contributed by atoms with Crippen LogP contribution in [-0.2, 0) is 0 Å². The molecule has 1 N–H and O–H groups in total. The van der Waals surface area contributed by atoms with Gasteiger partial charge in [0.1, 0.15) is 11.7 Å². The number of fused-ring (bicyclic) bond motifs is 1. The predicted octanol–water partition coefficient (Wildman–Crippen LogP) is 3.19. The number of likely N-dealkylation sites (N-methyl/N-ethyl adjacent to an activating group) is 1. The number of hydrogen-bond donors (Lipinski definition) is 1. The van der Waals surface area contributed by atoms with Crippen LogP contribution in [0.3, 0.4) is 0 Å². The average Bonchev–Trinajstić information content (AvgIpc) is 3.42. The van der Waals surface area contributed by atoms with E-state index in [1.165, 1.54) is 25.1 Å². The molecule has 0 radical (unpaired) electrons. The summed E-state index contributed by atoms with van der Waals surface area (Å²) in [6, 6.07) is 4.66. The first-order chi connectivity index (χ1) is 15.1. The molecule has 6 rings (SSSR count). The second-order valence-corrected chi connectivity index (χ2v) is 10.2. The molecule has 1 unspecified atom stereocenters. The molecule has 164 valence electrons. The van der Waals surface area contributed by atoms with Crippen LogP contribution >= 0.6 is 11.6 Å². The van der Waals surface area contributed by atoms with Gasteiger partial charge < -0.3 is 15.1 Å². The number of amidine groups is 1. The number of rotatable bonds is 3. The van der Waals surface area contributed by atoms with Crippen LogP contribution in [0.25, 0.3) is 0 Å². The number of nitrogens with zero attached hydrogens (tertiary/aromatic N) is 5. The van der Waals surface area contributed by atoms with E-state index in [0.717, 1.165) is 55.6 Å². The van der Waals surface area contributed by atoms with Crippen LogP contribution in [0.5, 0.6) is 0 Å². The number of piperidine rings is 1. The van der Waals surface area contributed by atoms with E-state index >= 15 is 0 Å². The van der Waals surface area contributed by atoms with Gasteiger partial charge >= 0.3 is 0 Å². The van der Waals surface area contributed by atoms with Crippen LogP contribution in [0.4, 0.5) is 0 Å². The molecule has 2 saturated heterocycles. The first-order valence-corrected chi connectivity index (χ1v) is 12.1. The van der Waals surface area contributed by atoms with Gasteiger partial charge in [-0.2, -0.15) is 0 Å². The fourth-order valence-electron chi connectivity index (χ4n) is 5.79. The fourth-order valence-corrected chi connectivity index (χ4v) is 6.04. The lowest BCUT2D eigenvalue weighted by molar-refractivity contribution is 0.0871. The summed E-state index contributed by atoms with van der Waals surface area (Å²) >= 11 is 6.44. The Balaban J connectivity index is 1.17. The Morgan fingerprint density at radius 3 is 2.97 bits per heavy atom. The molecule has 3 fully saturated rings. The highest BCUT2D eigenvalue weighted by atomic mass is 35.5. The molecule has 1 aromatic rings. The second kappa shape index (κ2) is 7.61. The molecule has 0 aromatic carbocycles. The van der Waals surface area contributed by atoms with Crippen molar-refractivity contribution in [3.05, 3.63) is 53.1 Å². The molecule has 1 saturated carbocycles. The van der Waals surface area contributed by atoms with Gasteiger partial charge in [-0.3, -0.25) is 14.9 Å². The molecule has 7 heteroatoms. The van der Waals surface area contributed by atoms with Crippen LogP contribution < -0.4 is 5.32 Å². The summed E-state index contributed by atoms with van der Waals surface area (Å²) in [5, 5.41) is 4.60. The Morgan fingerprint density at radius 2 is 2.13 bits per heavy atom. The van der Waals surface area contributed by atoms with Crippen molar-refractivity contribution in [3.63, 3.8) is 0 Å². The Labute approximate surface area is 189 Å². The third-order valence-electron chi connectivity index (χ3n) is 7.87. The molecular weight excluding hydrogens is 408 g/mol. The summed E-state index contributed by atoms with van der Waals surface area (Å²) in [4.78, 5) is 17.3. The van der Waals surface area contributed by atoms with Crippen molar-refractivity contribution >= 4 is 17.4 Å². The minimum Gasteiger partial charge on any atom is -0.355 e. The van der Waals surface area contributed by atoms with Gasteiger partial charge in [-0.1, -0.05) is 17.7 Å². The van der Waals surface area contributed by atoms with Crippen LogP contribution in [-0.4, -0.2) is 76.4 Å². The molecule has 4 aliphatic heterocycles. The highest BCUT2D eigenvalue weighted by molar-refractivity contribution is 6.31. The number of aliphatic imine (C=N–C) groups is 1. The summed E-state index contributed by atoms with van der Waals surface area (Å²) in [6.45, 7) is 4.32. The smallest absolute Gasteiger partial charge is 0.129 e. The Hall–Kier alpha value is -1.89. The van der Waals surface area contributed by atoms with Gasteiger partial charge in [0.2, 0.25) is 0 Å². The lowest BCUT2D eigenvalue weighted by Crippen LogP contribution is -2.55. The monoisotopic (exact) mass is 438 g/mol.